The van der Waals surface area contributed by atoms with Gasteiger partial charge in [-0.2, -0.15) is 0 Å². The maximum absolute atomic E-state index is 12.7. The lowest BCUT2D eigenvalue weighted by atomic mass is 10.1. The Bertz CT molecular complexity index is 1210. The van der Waals surface area contributed by atoms with E-state index in [9.17, 15) is 14.4 Å². The molecule has 0 saturated heterocycles. The molecular weight excluding hydrogens is 464 g/mol. The van der Waals surface area contributed by atoms with E-state index in [0.717, 1.165) is 11.1 Å². The number of para-hydroxylation sites is 1. The monoisotopic (exact) mass is 492 g/mol. The van der Waals surface area contributed by atoms with Crippen molar-refractivity contribution in [1.82, 2.24) is 5.32 Å². The second-order valence-electron chi connectivity index (χ2n) is 7.56. The molecule has 0 bridgehead atoms. The van der Waals surface area contributed by atoms with E-state index in [0.29, 0.717) is 22.7 Å². The second kappa shape index (κ2) is 12.8. The van der Waals surface area contributed by atoms with Gasteiger partial charge in [-0.3, -0.25) is 9.59 Å². The van der Waals surface area contributed by atoms with Crippen LogP contribution in [0.25, 0.3) is 0 Å². The number of amides is 2. The summed E-state index contributed by atoms with van der Waals surface area (Å²) in [4.78, 5) is 36.7. The van der Waals surface area contributed by atoms with Gasteiger partial charge in [0.2, 0.25) is 5.91 Å². The van der Waals surface area contributed by atoms with Crippen molar-refractivity contribution in [2.75, 3.05) is 26.1 Å². The number of benzene rings is 3. The number of ether oxygens (including phenoxy) is 4. The number of hydrogen-bond acceptors (Lipinski definition) is 7. The molecule has 0 radical (unpaired) electrons. The summed E-state index contributed by atoms with van der Waals surface area (Å²) < 4.78 is 20.2. The van der Waals surface area contributed by atoms with Crippen molar-refractivity contribution in [2.45, 2.75) is 19.9 Å². The van der Waals surface area contributed by atoms with E-state index in [-0.39, 0.29) is 37.1 Å². The van der Waals surface area contributed by atoms with Gasteiger partial charge >= 0.3 is 6.16 Å². The first kappa shape index (κ1) is 26.1. The molecule has 0 saturated carbocycles. The van der Waals surface area contributed by atoms with Crippen LogP contribution in [-0.2, 0) is 22.5 Å². The highest BCUT2D eigenvalue weighted by Crippen LogP contribution is 2.28. The molecule has 9 nitrogen and oxygen atoms in total. The maximum Gasteiger partial charge on any atom is 0.513 e. The topological polar surface area (TPSA) is 112 Å². The Morgan fingerprint density at radius 3 is 2.28 bits per heavy atom. The first-order valence-electron chi connectivity index (χ1n) is 11.2. The SMILES string of the molecule is CCOC(=O)Oc1ccc(C(=O)NCc2ccccc2NC(=O)Cc2ccc(OC)c(OC)c2)cc1. The van der Waals surface area contributed by atoms with E-state index in [4.69, 9.17) is 18.9 Å². The van der Waals surface area contributed by atoms with Crippen molar-refractivity contribution in [1.29, 1.82) is 0 Å². The van der Waals surface area contributed by atoms with Gasteiger partial charge in [0.15, 0.2) is 11.5 Å². The van der Waals surface area contributed by atoms with Crippen LogP contribution < -0.4 is 24.8 Å². The van der Waals surface area contributed by atoms with Crippen LogP contribution in [0.1, 0.15) is 28.4 Å². The molecule has 0 aromatic heterocycles. The standard InChI is InChI=1S/C27H28N2O7/c1-4-35-27(32)36-21-12-10-19(11-13-21)26(31)28-17-20-7-5-6-8-22(20)29-25(30)16-18-9-14-23(33-2)24(15-18)34-3/h5-15H,4,16-17H2,1-3H3,(H,28,31)(H,29,30). The maximum atomic E-state index is 12.7. The van der Waals surface area contributed by atoms with Crippen molar-refractivity contribution < 1.29 is 33.3 Å². The van der Waals surface area contributed by atoms with E-state index in [2.05, 4.69) is 10.6 Å². The highest BCUT2D eigenvalue weighted by atomic mass is 16.7. The van der Waals surface area contributed by atoms with E-state index in [1.165, 1.54) is 19.2 Å². The normalized spacial score (nSPS) is 10.2. The molecule has 0 spiro atoms. The molecule has 0 heterocycles. The molecule has 2 N–H and O–H groups in total. The fraction of sp³-hybridized carbons (Fsp3) is 0.222. The minimum Gasteiger partial charge on any atom is -0.493 e. The minimum absolute atomic E-state index is 0.140. The minimum atomic E-state index is -0.806. The van der Waals surface area contributed by atoms with E-state index < -0.39 is 6.16 Å². The van der Waals surface area contributed by atoms with Gasteiger partial charge in [-0.05, 0) is 60.5 Å². The highest BCUT2D eigenvalue weighted by molar-refractivity contribution is 5.95. The lowest BCUT2D eigenvalue weighted by molar-refractivity contribution is -0.115. The first-order valence-corrected chi connectivity index (χ1v) is 11.2. The van der Waals surface area contributed by atoms with E-state index >= 15 is 0 Å². The molecule has 0 aliphatic carbocycles. The Balaban J connectivity index is 1.59. The Kier molecular flexibility index (Phi) is 9.27. The number of rotatable bonds is 10. The van der Waals surface area contributed by atoms with Gasteiger partial charge in [0.25, 0.3) is 5.91 Å². The Hall–Kier alpha value is -4.53. The Labute approximate surface area is 209 Å². The average Bonchev–Trinajstić information content (AvgIpc) is 2.88. The smallest absolute Gasteiger partial charge is 0.493 e. The van der Waals surface area contributed by atoms with Crippen molar-refractivity contribution >= 4 is 23.7 Å². The summed E-state index contributed by atoms with van der Waals surface area (Å²) >= 11 is 0. The van der Waals surface area contributed by atoms with Gasteiger partial charge < -0.3 is 29.6 Å². The summed E-state index contributed by atoms with van der Waals surface area (Å²) in [5.74, 6) is 0.880. The van der Waals surface area contributed by atoms with Gasteiger partial charge in [-0.1, -0.05) is 24.3 Å². The van der Waals surface area contributed by atoms with Crippen molar-refractivity contribution in [3.63, 3.8) is 0 Å². The fourth-order valence-corrected chi connectivity index (χ4v) is 3.36. The third-order valence-corrected chi connectivity index (χ3v) is 5.12. The zero-order valence-electron chi connectivity index (χ0n) is 20.3. The van der Waals surface area contributed by atoms with E-state index in [1.807, 2.05) is 12.1 Å². The Morgan fingerprint density at radius 1 is 0.861 bits per heavy atom. The third kappa shape index (κ3) is 7.23. The number of anilines is 1. The van der Waals surface area contributed by atoms with E-state index in [1.54, 1.807) is 56.5 Å². The van der Waals surface area contributed by atoms with Crippen LogP contribution in [0.2, 0.25) is 0 Å². The number of nitrogens with one attached hydrogen (secondary N) is 2. The van der Waals surface area contributed by atoms with Crippen LogP contribution in [0.3, 0.4) is 0 Å². The summed E-state index contributed by atoms with van der Waals surface area (Å²) in [6, 6.07) is 18.6. The van der Waals surface area contributed by atoms with Gasteiger partial charge in [-0.25, -0.2) is 4.79 Å². The molecule has 3 aromatic rings. The molecule has 188 valence electrons. The van der Waals surface area contributed by atoms with Crippen LogP contribution in [0.15, 0.2) is 66.7 Å². The molecule has 3 rings (SSSR count). The third-order valence-electron chi connectivity index (χ3n) is 5.12. The van der Waals surface area contributed by atoms with Crippen molar-refractivity contribution in [3.05, 3.63) is 83.4 Å². The van der Waals surface area contributed by atoms with Gasteiger partial charge in [-0.15, -0.1) is 0 Å². The van der Waals surface area contributed by atoms with Crippen LogP contribution in [0, 0.1) is 0 Å². The summed E-state index contributed by atoms with van der Waals surface area (Å²) in [5.41, 5.74) is 2.50. The lowest BCUT2D eigenvalue weighted by Gasteiger charge is -2.13. The Morgan fingerprint density at radius 2 is 1.58 bits per heavy atom. The quantitative estimate of drug-likeness (QED) is 0.320. The molecular formula is C27H28N2O7. The highest BCUT2D eigenvalue weighted by Gasteiger charge is 2.12. The van der Waals surface area contributed by atoms with Gasteiger partial charge in [0.1, 0.15) is 5.75 Å². The van der Waals surface area contributed by atoms with Crippen LogP contribution >= 0.6 is 0 Å². The second-order valence-corrected chi connectivity index (χ2v) is 7.56. The van der Waals surface area contributed by atoms with Gasteiger partial charge in [0, 0.05) is 17.8 Å². The largest absolute Gasteiger partial charge is 0.513 e. The van der Waals surface area contributed by atoms with Crippen LogP contribution in [0.4, 0.5) is 10.5 Å². The predicted molar refractivity (Wildman–Crippen MR) is 134 cm³/mol. The summed E-state index contributed by atoms with van der Waals surface area (Å²) in [6.45, 7) is 2.08. The number of carbonyl (C=O) groups excluding carboxylic acids is 3. The molecule has 0 fully saturated rings. The number of methoxy groups -OCH3 is 2. The predicted octanol–water partition coefficient (Wildman–Crippen LogP) is 4.35. The summed E-state index contributed by atoms with van der Waals surface area (Å²) in [5, 5.41) is 5.74. The first-order chi connectivity index (χ1) is 17.4. The molecule has 36 heavy (non-hydrogen) atoms. The molecule has 9 heteroatoms. The molecule has 2 amide bonds. The molecule has 0 atom stereocenters. The summed E-state index contributed by atoms with van der Waals surface area (Å²) in [6.07, 6.45) is -0.666. The molecule has 0 aliphatic heterocycles. The van der Waals surface area contributed by atoms with Crippen molar-refractivity contribution in [3.8, 4) is 17.2 Å². The summed E-state index contributed by atoms with van der Waals surface area (Å²) in [7, 11) is 3.09. The lowest BCUT2D eigenvalue weighted by Crippen LogP contribution is -2.24. The molecule has 0 aliphatic rings. The zero-order valence-corrected chi connectivity index (χ0v) is 20.3. The number of carbonyl (C=O) groups is 3. The van der Waals surface area contributed by atoms with Crippen molar-refractivity contribution in [2.24, 2.45) is 0 Å². The molecule has 0 unspecified atom stereocenters. The zero-order chi connectivity index (χ0) is 25.9. The van der Waals surface area contributed by atoms with Gasteiger partial charge in [0.05, 0.1) is 27.2 Å². The fourth-order valence-electron chi connectivity index (χ4n) is 3.36. The van der Waals surface area contributed by atoms with Crippen LogP contribution in [-0.4, -0.2) is 38.8 Å². The van der Waals surface area contributed by atoms with Crippen LogP contribution in [0.5, 0.6) is 17.2 Å². The molecule has 3 aromatic carbocycles. The number of hydrogen-bond donors (Lipinski definition) is 2. The average molecular weight is 493 g/mol.